The van der Waals surface area contributed by atoms with E-state index in [1.54, 1.807) is 24.3 Å². The molecule has 0 aliphatic rings. The van der Waals surface area contributed by atoms with Gasteiger partial charge in [0.2, 0.25) is 0 Å². The molecule has 3 rings (SSSR count). The van der Waals surface area contributed by atoms with Crippen LogP contribution in [0.3, 0.4) is 0 Å². The predicted molar refractivity (Wildman–Crippen MR) is 127 cm³/mol. The number of ether oxygens (including phenoxy) is 1. The van der Waals surface area contributed by atoms with E-state index in [0.717, 1.165) is 14.4 Å². The molecule has 3 aromatic rings. The molecule has 0 aliphatic carbocycles. The second kappa shape index (κ2) is 9.50. The summed E-state index contributed by atoms with van der Waals surface area (Å²) in [5.74, 6) is -0.771. The Hall–Kier alpha value is -2.58. The van der Waals surface area contributed by atoms with Gasteiger partial charge in [0.05, 0.1) is 17.7 Å². The molecular formula is C24H28N2O4S2. The van der Waals surface area contributed by atoms with Gasteiger partial charge in [-0.05, 0) is 42.2 Å². The fourth-order valence-corrected chi connectivity index (χ4v) is 5.25. The first-order valence-corrected chi connectivity index (χ1v) is 12.6. The lowest BCUT2D eigenvalue weighted by Crippen LogP contribution is -2.17. The Morgan fingerprint density at radius 1 is 1.09 bits per heavy atom. The summed E-state index contributed by atoms with van der Waals surface area (Å²) in [6.07, 6.45) is 2.61. The molecule has 0 saturated heterocycles. The number of hydrogen-bond acceptors (Lipinski definition) is 6. The van der Waals surface area contributed by atoms with Gasteiger partial charge in [-0.3, -0.25) is 4.79 Å². The van der Waals surface area contributed by atoms with Crippen LogP contribution in [0.1, 0.15) is 43.5 Å². The van der Waals surface area contributed by atoms with Gasteiger partial charge in [0, 0.05) is 16.8 Å². The highest BCUT2D eigenvalue weighted by molar-refractivity contribution is 7.99. The first kappa shape index (κ1) is 24.1. The summed E-state index contributed by atoms with van der Waals surface area (Å²) >= 11 is 1.50. The van der Waals surface area contributed by atoms with Gasteiger partial charge in [-0.15, -0.1) is 11.8 Å². The van der Waals surface area contributed by atoms with Gasteiger partial charge in [0.25, 0.3) is 10.0 Å². The third kappa shape index (κ3) is 5.42. The number of carbonyl (C=O) groups excluding carboxylic acids is 1. The quantitative estimate of drug-likeness (QED) is 0.364. The Kier molecular flexibility index (Phi) is 7.15. The molecule has 0 fully saturated rings. The molecule has 0 aliphatic heterocycles. The number of hydrogen-bond donors (Lipinski definition) is 0. The van der Waals surface area contributed by atoms with Crippen molar-refractivity contribution in [3.05, 3.63) is 77.9 Å². The van der Waals surface area contributed by atoms with Crippen LogP contribution in [0.25, 0.3) is 0 Å². The topological polar surface area (TPSA) is 78.3 Å². The Labute approximate surface area is 194 Å². The van der Waals surface area contributed by atoms with Crippen LogP contribution >= 0.6 is 11.8 Å². The molecule has 1 aromatic heterocycles. The third-order valence-electron chi connectivity index (χ3n) is 5.16. The molecule has 2 aromatic carbocycles. The monoisotopic (exact) mass is 472 g/mol. The maximum atomic E-state index is 12.9. The number of carbonyl (C=O) groups is 1. The lowest BCUT2D eigenvalue weighted by Gasteiger charge is -2.19. The van der Waals surface area contributed by atoms with Crippen molar-refractivity contribution >= 4 is 27.8 Å². The number of rotatable bonds is 7. The Bertz CT molecular complexity index is 1180. The molecular weight excluding hydrogens is 444 g/mol. The number of thioether (sulfide) groups is 1. The normalized spacial score (nSPS) is 13.0. The van der Waals surface area contributed by atoms with Gasteiger partial charge in [-0.1, -0.05) is 50.6 Å². The lowest BCUT2D eigenvalue weighted by atomic mass is 9.87. The van der Waals surface area contributed by atoms with Crippen LogP contribution < -0.4 is 0 Å². The number of aryl methyl sites for hydroxylation is 1. The van der Waals surface area contributed by atoms with Crippen molar-refractivity contribution in [2.75, 3.05) is 12.9 Å². The zero-order valence-corrected chi connectivity index (χ0v) is 20.5. The SMILES string of the molecule is COC(=O)C(CSc1ccc(C(C)(C)C)cc1)c1cn(S(=O)(=O)c2ccc(C)cc2)cn1. The number of methoxy groups -OCH3 is 1. The van der Waals surface area contributed by atoms with Crippen LogP contribution in [0, 0.1) is 6.92 Å². The zero-order chi connectivity index (χ0) is 23.5. The minimum atomic E-state index is -3.79. The summed E-state index contributed by atoms with van der Waals surface area (Å²) in [7, 11) is -2.47. The molecule has 1 unspecified atom stereocenters. The minimum Gasteiger partial charge on any atom is -0.468 e. The maximum absolute atomic E-state index is 12.9. The minimum absolute atomic E-state index is 0.0630. The van der Waals surface area contributed by atoms with E-state index in [9.17, 15) is 13.2 Å². The second-order valence-corrected chi connectivity index (χ2v) is 11.5. The molecule has 32 heavy (non-hydrogen) atoms. The lowest BCUT2D eigenvalue weighted by molar-refractivity contribution is -0.141. The first-order valence-electron chi connectivity index (χ1n) is 10.2. The molecule has 0 spiro atoms. The van der Waals surface area contributed by atoms with Crippen molar-refractivity contribution in [1.29, 1.82) is 0 Å². The average molecular weight is 473 g/mol. The van der Waals surface area contributed by atoms with E-state index >= 15 is 0 Å². The summed E-state index contributed by atoms with van der Waals surface area (Å²) < 4.78 is 31.8. The van der Waals surface area contributed by atoms with Gasteiger partial charge in [0.1, 0.15) is 12.2 Å². The highest BCUT2D eigenvalue weighted by atomic mass is 32.2. The first-order chi connectivity index (χ1) is 15.0. The molecule has 1 atom stereocenters. The van der Waals surface area contributed by atoms with E-state index < -0.39 is 21.9 Å². The van der Waals surface area contributed by atoms with Crippen LogP contribution in [0.2, 0.25) is 0 Å². The molecule has 1 heterocycles. The van der Waals surface area contributed by atoms with Crippen LogP contribution in [-0.2, 0) is 25.0 Å². The van der Waals surface area contributed by atoms with E-state index in [2.05, 4.69) is 37.9 Å². The fraction of sp³-hybridized carbons (Fsp3) is 0.333. The van der Waals surface area contributed by atoms with E-state index in [-0.39, 0.29) is 10.3 Å². The van der Waals surface area contributed by atoms with Crippen LogP contribution in [-0.4, -0.2) is 36.2 Å². The number of nitrogens with zero attached hydrogens (tertiary/aromatic N) is 2. The van der Waals surface area contributed by atoms with Crippen molar-refractivity contribution in [1.82, 2.24) is 8.96 Å². The number of imidazole rings is 1. The van der Waals surface area contributed by atoms with Gasteiger partial charge < -0.3 is 4.74 Å². The maximum Gasteiger partial charge on any atom is 0.315 e. The number of aromatic nitrogens is 2. The van der Waals surface area contributed by atoms with Crippen LogP contribution in [0.15, 0.2) is 70.8 Å². The van der Waals surface area contributed by atoms with Gasteiger partial charge in [-0.25, -0.2) is 17.4 Å². The summed E-state index contributed by atoms with van der Waals surface area (Å²) in [5, 5.41) is 0. The smallest absolute Gasteiger partial charge is 0.315 e. The Morgan fingerprint density at radius 3 is 2.28 bits per heavy atom. The number of esters is 1. The summed E-state index contributed by atoms with van der Waals surface area (Å²) in [5.41, 5.74) is 2.61. The summed E-state index contributed by atoms with van der Waals surface area (Å²) in [6.45, 7) is 8.36. The Morgan fingerprint density at radius 2 is 1.72 bits per heavy atom. The van der Waals surface area contributed by atoms with Gasteiger partial charge in [0.15, 0.2) is 0 Å². The molecule has 0 radical (unpaired) electrons. The van der Waals surface area contributed by atoms with Gasteiger partial charge >= 0.3 is 5.97 Å². The van der Waals surface area contributed by atoms with Crippen molar-refractivity contribution in [3.63, 3.8) is 0 Å². The standard InChI is InChI=1S/C24H28N2O4S2/c1-17-6-12-20(13-7-17)32(28,29)26-14-22(25-16-26)21(23(27)30-5)15-31-19-10-8-18(9-11-19)24(2,3)4/h6-14,16,21H,15H2,1-5H3. The number of benzene rings is 2. The molecule has 0 bridgehead atoms. The van der Waals surface area contributed by atoms with Crippen LogP contribution in [0.4, 0.5) is 0 Å². The van der Waals surface area contributed by atoms with E-state index in [1.165, 1.54) is 37.0 Å². The van der Waals surface area contributed by atoms with E-state index in [0.29, 0.717) is 11.4 Å². The molecule has 0 saturated carbocycles. The second-order valence-electron chi connectivity index (χ2n) is 8.61. The average Bonchev–Trinajstić information content (AvgIpc) is 3.24. The van der Waals surface area contributed by atoms with Crippen molar-refractivity contribution in [2.24, 2.45) is 0 Å². The van der Waals surface area contributed by atoms with E-state index in [1.807, 2.05) is 19.1 Å². The summed E-state index contributed by atoms with van der Waals surface area (Å²) in [4.78, 5) is 17.8. The third-order valence-corrected chi connectivity index (χ3v) is 7.88. The largest absolute Gasteiger partial charge is 0.468 e. The molecule has 8 heteroatoms. The fourth-order valence-electron chi connectivity index (χ4n) is 3.11. The van der Waals surface area contributed by atoms with Gasteiger partial charge in [-0.2, -0.15) is 0 Å². The highest BCUT2D eigenvalue weighted by Crippen LogP contribution is 2.30. The van der Waals surface area contributed by atoms with Crippen molar-refractivity contribution in [3.8, 4) is 0 Å². The molecule has 0 N–H and O–H groups in total. The van der Waals surface area contributed by atoms with Crippen molar-refractivity contribution in [2.45, 2.75) is 48.8 Å². The highest BCUT2D eigenvalue weighted by Gasteiger charge is 2.27. The summed E-state index contributed by atoms with van der Waals surface area (Å²) in [6, 6.07) is 14.8. The molecule has 6 nitrogen and oxygen atoms in total. The van der Waals surface area contributed by atoms with Crippen LogP contribution in [0.5, 0.6) is 0 Å². The Balaban J connectivity index is 1.81. The predicted octanol–water partition coefficient (Wildman–Crippen LogP) is 4.77. The van der Waals surface area contributed by atoms with Crippen molar-refractivity contribution < 1.29 is 17.9 Å². The van der Waals surface area contributed by atoms with E-state index in [4.69, 9.17) is 4.74 Å². The molecule has 0 amide bonds. The zero-order valence-electron chi connectivity index (χ0n) is 18.9. The molecule has 170 valence electrons.